The van der Waals surface area contributed by atoms with E-state index in [0.717, 1.165) is 34.9 Å². The number of rotatable bonds is 8. The summed E-state index contributed by atoms with van der Waals surface area (Å²) in [5.41, 5.74) is 2.31. The Morgan fingerprint density at radius 2 is 2.06 bits per heavy atom. The summed E-state index contributed by atoms with van der Waals surface area (Å²) in [5.74, 6) is 1.06. The Morgan fingerprint density at radius 3 is 2.81 bits per heavy atom. The summed E-state index contributed by atoms with van der Waals surface area (Å²) in [4.78, 5) is 23.9. The summed E-state index contributed by atoms with van der Waals surface area (Å²) in [6, 6.07) is 6.51. The zero-order valence-electron chi connectivity index (χ0n) is 18.7. The van der Waals surface area contributed by atoms with Crippen LogP contribution in [-0.2, 0) is 4.79 Å². The third-order valence-corrected chi connectivity index (χ3v) is 8.71. The molecule has 1 heterocycles. The van der Waals surface area contributed by atoms with Gasteiger partial charge in [-0.25, -0.2) is 0 Å². The largest absolute Gasteiger partial charge is 0.481 e. The second-order valence-electron chi connectivity index (χ2n) is 9.98. The quantitative estimate of drug-likeness (QED) is 0.381. The Balaban J connectivity index is 1.45. The molecule has 2 bridgehead atoms. The van der Waals surface area contributed by atoms with Crippen molar-refractivity contribution in [3.8, 4) is 0 Å². The molecule has 3 aliphatic carbocycles. The van der Waals surface area contributed by atoms with Crippen molar-refractivity contribution < 1.29 is 14.7 Å². The van der Waals surface area contributed by atoms with Crippen LogP contribution in [0.3, 0.4) is 0 Å². The fraction of sp³-hybridized carbons (Fsp3) is 0.538. The van der Waals surface area contributed by atoms with Gasteiger partial charge in [-0.15, -0.1) is 11.3 Å². The van der Waals surface area contributed by atoms with Crippen LogP contribution in [0.1, 0.15) is 68.3 Å². The van der Waals surface area contributed by atoms with Gasteiger partial charge in [-0.3, -0.25) is 9.59 Å². The number of carbonyl (C=O) groups is 2. The maximum absolute atomic E-state index is 13.2. The van der Waals surface area contributed by atoms with Gasteiger partial charge in [-0.2, -0.15) is 0 Å². The number of carbonyl (C=O) groups excluding carboxylic acids is 1. The molecule has 166 valence electrons. The molecule has 5 heteroatoms. The lowest BCUT2D eigenvalue weighted by Crippen LogP contribution is -2.61. The van der Waals surface area contributed by atoms with Crippen LogP contribution in [0.4, 0.5) is 0 Å². The molecule has 1 amide bonds. The van der Waals surface area contributed by atoms with Gasteiger partial charge < -0.3 is 10.4 Å². The lowest BCUT2D eigenvalue weighted by Gasteiger charge is -2.62. The van der Waals surface area contributed by atoms with E-state index in [2.05, 4.69) is 56.4 Å². The molecule has 0 unspecified atom stereocenters. The van der Waals surface area contributed by atoms with Crippen LogP contribution < -0.4 is 5.32 Å². The van der Waals surface area contributed by atoms with Gasteiger partial charge in [0.2, 0.25) is 0 Å². The number of allylic oxidation sites excluding steroid dienone is 2. The molecule has 2 aromatic rings. The van der Waals surface area contributed by atoms with Crippen LogP contribution in [0.25, 0.3) is 10.1 Å². The fourth-order valence-corrected chi connectivity index (χ4v) is 6.67. The number of aliphatic carboxylic acids is 1. The number of unbranched alkanes of at least 4 members (excludes halogenated alkanes) is 1. The fourth-order valence-electron chi connectivity index (χ4n) is 5.75. The molecule has 3 saturated carbocycles. The van der Waals surface area contributed by atoms with Gasteiger partial charge in [0, 0.05) is 27.9 Å². The standard InChI is InChI=1S/C26H33NO3S/c1-16-10-11-23-19(12-16)20(15-31-23)25(30)27-22-14-17-13-21(26(17,2)3)18(22)8-6-4-5-7-9-24(28)29/h4,6,10-12,15,17-18,21-22H,5,7-9,13-14H2,1-3H3,(H,27,30)(H,28,29)/b6-4-/t17-,18-,21+,22+/m1/s1. The molecule has 0 radical (unpaired) electrons. The van der Waals surface area contributed by atoms with E-state index in [1.165, 1.54) is 12.0 Å². The van der Waals surface area contributed by atoms with Crippen LogP contribution in [0.2, 0.25) is 0 Å². The number of nitrogens with one attached hydrogen (secondary N) is 1. The Hall–Kier alpha value is -2.14. The molecule has 3 fully saturated rings. The molecule has 0 saturated heterocycles. The van der Waals surface area contributed by atoms with Crippen molar-refractivity contribution in [1.82, 2.24) is 5.32 Å². The first-order chi connectivity index (χ1) is 14.8. The predicted molar refractivity (Wildman–Crippen MR) is 127 cm³/mol. The van der Waals surface area contributed by atoms with Crippen molar-refractivity contribution in [3.63, 3.8) is 0 Å². The monoisotopic (exact) mass is 439 g/mol. The highest BCUT2D eigenvalue weighted by Gasteiger charge is 2.57. The zero-order chi connectivity index (χ0) is 22.2. The Bertz CT molecular complexity index is 1010. The summed E-state index contributed by atoms with van der Waals surface area (Å²) in [7, 11) is 0. The maximum Gasteiger partial charge on any atom is 0.303 e. The molecule has 2 N–H and O–H groups in total. The third-order valence-electron chi connectivity index (χ3n) is 7.74. The second kappa shape index (κ2) is 8.78. The number of hydrogen-bond donors (Lipinski definition) is 2. The Labute approximate surface area is 188 Å². The molecule has 3 aliphatic rings. The molecule has 5 rings (SSSR count). The molecular formula is C26H33NO3S. The minimum Gasteiger partial charge on any atom is -0.481 e. The van der Waals surface area contributed by atoms with Gasteiger partial charge in [0.25, 0.3) is 5.91 Å². The summed E-state index contributed by atoms with van der Waals surface area (Å²) in [5, 5.41) is 15.2. The number of thiophene rings is 1. The highest BCUT2D eigenvalue weighted by atomic mass is 32.1. The van der Waals surface area contributed by atoms with Crippen LogP contribution in [0.15, 0.2) is 35.7 Å². The highest BCUT2D eigenvalue weighted by Crippen LogP contribution is 2.62. The number of carboxylic acid groups (broad SMARTS) is 1. The van der Waals surface area contributed by atoms with E-state index >= 15 is 0 Å². The molecule has 4 atom stereocenters. The number of hydrogen-bond acceptors (Lipinski definition) is 3. The van der Waals surface area contributed by atoms with Crippen molar-refractivity contribution in [3.05, 3.63) is 46.9 Å². The summed E-state index contributed by atoms with van der Waals surface area (Å²) < 4.78 is 1.16. The first-order valence-electron chi connectivity index (χ1n) is 11.4. The van der Waals surface area contributed by atoms with Gasteiger partial charge in [0.05, 0.1) is 5.56 Å². The summed E-state index contributed by atoms with van der Waals surface area (Å²) in [6.07, 6.45) is 9.29. The van der Waals surface area contributed by atoms with Crippen LogP contribution in [0.5, 0.6) is 0 Å². The number of aryl methyl sites for hydroxylation is 1. The molecule has 1 aromatic heterocycles. The van der Waals surface area contributed by atoms with E-state index in [9.17, 15) is 9.59 Å². The van der Waals surface area contributed by atoms with Crippen molar-refractivity contribution in [2.45, 2.75) is 65.3 Å². The van der Waals surface area contributed by atoms with Gasteiger partial charge in [0.15, 0.2) is 0 Å². The molecule has 0 spiro atoms. The van der Waals surface area contributed by atoms with E-state index < -0.39 is 5.97 Å². The lowest BCUT2D eigenvalue weighted by molar-refractivity contribution is -0.137. The predicted octanol–water partition coefficient (Wildman–Crippen LogP) is 6.19. The van der Waals surface area contributed by atoms with E-state index in [-0.39, 0.29) is 18.4 Å². The van der Waals surface area contributed by atoms with Crippen LogP contribution >= 0.6 is 11.3 Å². The molecular weight excluding hydrogens is 406 g/mol. The van der Waals surface area contributed by atoms with E-state index in [1.54, 1.807) is 11.3 Å². The Morgan fingerprint density at radius 1 is 1.26 bits per heavy atom. The first-order valence-corrected chi connectivity index (χ1v) is 12.3. The third kappa shape index (κ3) is 4.43. The van der Waals surface area contributed by atoms with Gasteiger partial charge >= 0.3 is 5.97 Å². The zero-order valence-corrected chi connectivity index (χ0v) is 19.5. The minimum absolute atomic E-state index is 0.0522. The van der Waals surface area contributed by atoms with Gasteiger partial charge in [-0.05, 0) is 74.3 Å². The molecule has 31 heavy (non-hydrogen) atoms. The number of benzene rings is 1. The number of carboxylic acids is 1. The summed E-state index contributed by atoms with van der Waals surface area (Å²) in [6.45, 7) is 6.82. The lowest BCUT2D eigenvalue weighted by atomic mass is 9.44. The molecule has 0 aliphatic heterocycles. The smallest absolute Gasteiger partial charge is 0.303 e. The SMILES string of the molecule is Cc1ccc2scc(C(=O)N[C@H]3C[C@H]4C[C@@H]([C@H]3C/C=C\CCCC(=O)O)C4(C)C)c2c1. The summed E-state index contributed by atoms with van der Waals surface area (Å²) >= 11 is 1.63. The molecule has 4 nitrogen and oxygen atoms in total. The van der Waals surface area contributed by atoms with E-state index in [4.69, 9.17) is 5.11 Å². The van der Waals surface area contributed by atoms with Crippen molar-refractivity contribution in [2.75, 3.05) is 0 Å². The second-order valence-corrected chi connectivity index (χ2v) is 10.9. The first kappa shape index (κ1) is 22.1. The molecule has 1 aromatic carbocycles. The maximum atomic E-state index is 13.2. The van der Waals surface area contributed by atoms with E-state index in [1.807, 2.05) is 5.38 Å². The van der Waals surface area contributed by atoms with Crippen LogP contribution in [-0.4, -0.2) is 23.0 Å². The van der Waals surface area contributed by atoms with Gasteiger partial charge in [-0.1, -0.05) is 37.6 Å². The van der Waals surface area contributed by atoms with E-state index in [0.29, 0.717) is 29.6 Å². The highest BCUT2D eigenvalue weighted by molar-refractivity contribution is 7.17. The topological polar surface area (TPSA) is 66.4 Å². The van der Waals surface area contributed by atoms with Crippen molar-refractivity contribution in [2.24, 2.45) is 23.2 Å². The normalized spacial score (nSPS) is 26.7. The van der Waals surface area contributed by atoms with Crippen LogP contribution in [0, 0.1) is 30.1 Å². The van der Waals surface area contributed by atoms with Crippen molar-refractivity contribution in [1.29, 1.82) is 0 Å². The average molecular weight is 440 g/mol. The van der Waals surface area contributed by atoms with Gasteiger partial charge in [0.1, 0.15) is 0 Å². The minimum atomic E-state index is -0.734. The Kier molecular flexibility index (Phi) is 6.25. The number of fused-ring (bicyclic) bond motifs is 3. The van der Waals surface area contributed by atoms with Crippen molar-refractivity contribution >= 4 is 33.3 Å². The number of amides is 1. The average Bonchev–Trinajstić information content (AvgIpc) is 3.13.